The summed E-state index contributed by atoms with van der Waals surface area (Å²) < 4.78 is 13.3. The van der Waals surface area contributed by atoms with Gasteiger partial charge in [0.15, 0.2) is 11.5 Å². The normalized spacial score (nSPS) is 18.3. The van der Waals surface area contributed by atoms with E-state index in [1.54, 1.807) is 0 Å². The van der Waals surface area contributed by atoms with Crippen LogP contribution in [0.1, 0.15) is 18.5 Å². The molecule has 1 aromatic rings. The molecule has 0 unspecified atom stereocenters. The molecule has 7 heteroatoms. The molecule has 0 fully saturated rings. The summed E-state index contributed by atoms with van der Waals surface area (Å²) in [7, 11) is 0. The second kappa shape index (κ2) is 5.35. The van der Waals surface area contributed by atoms with Crippen molar-refractivity contribution >= 4 is 17.7 Å². The highest BCUT2D eigenvalue weighted by atomic mass is 19.1. The summed E-state index contributed by atoms with van der Waals surface area (Å²) in [5.41, 5.74) is -0.00861. The number of aliphatic hydroxyl groups excluding tert-OH is 1. The molecule has 0 aliphatic carbocycles. The molecule has 0 spiro atoms. The summed E-state index contributed by atoms with van der Waals surface area (Å²) in [6.45, 7) is 0.441. The molecule has 2 N–H and O–H groups in total. The van der Waals surface area contributed by atoms with Crippen molar-refractivity contribution in [3.05, 3.63) is 47.0 Å². The van der Waals surface area contributed by atoms with E-state index in [9.17, 15) is 23.9 Å². The molecule has 1 aliphatic rings. The first-order valence-corrected chi connectivity index (χ1v) is 6.05. The van der Waals surface area contributed by atoms with E-state index < -0.39 is 41.8 Å². The average Bonchev–Trinajstić information content (AvgIpc) is 2.63. The number of aliphatic carboxylic acids is 1. The molecule has 0 saturated carbocycles. The molecule has 0 radical (unpaired) electrons. The maximum absolute atomic E-state index is 13.3. The van der Waals surface area contributed by atoms with Gasteiger partial charge in [0.2, 0.25) is 0 Å². The maximum Gasteiger partial charge on any atom is 0.323 e. The van der Waals surface area contributed by atoms with Crippen LogP contribution in [0.5, 0.6) is 0 Å². The fourth-order valence-electron chi connectivity index (χ4n) is 2.35. The Bertz CT molecular complexity index is 667. The highest BCUT2D eigenvalue weighted by Gasteiger charge is 2.43. The van der Waals surface area contributed by atoms with Gasteiger partial charge in [-0.1, -0.05) is 12.1 Å². The number of carboxylic acid groups (broad SMARTS) is 1. The van der Waals surface area contributed by atoms with Gasteiger partial charge >= 0.3 is 5.97 Å². The number of amides is 1. The SMILES string of the molecule is CC(=O)C1=C(O)C(=O)N(CC(=O)O)[C@H]1c1cccc(F)c1. The standard InChI is InChI=1S/C14H12FNO5/c1-7(17)11-12(8-3-2-4-9(15)5-8)16(6-10(18)19)14(21)13(11)20/h2-5,12,20H,6H2,1H3,(H,18,19)/t12-/m0/s1. The summed E-state index contributed by atoms with van der Waals surface area (Å²) in [6.07, 6.45) is 0. The monoisotopic (exact) mass is 293 g/mol. The number of carbonyl (C=O) groups excluding carboxylic acids is 2. The molecule has 1 aliphatic heterocycles. The summed E-state index contributed by atoms with van der Waals surface area (Å²) in [6, 6.07) is 3.99. The van der Waals surface area contributed by atoms with Crippen LogP contribution in [0.25, 0.3) is 0 Å². The van der Waals surface area contributed by atoms with Crippen LogP contribution in [-0.2, 0) is 14.4 Å². The number of ketones is 1. The van der Waals surface area contributed by atoms with Gasteiger partial charge in [0, 0.05) is 0 Å². The van der Waals surface area contributed by atoms with E-state index in [2.05, 4.69) is 0 Å². The smallest absolute Gasteiger partial charge is 0.323 e. The lowest BCUT2D eigenvalue weighted by Gasteiger charge is -2.24. The lowest BCUT2D eigenvalue weighted by molar-refractivity contribution is -0.144. The Balaban J connectivity index is 2.56. The molecule has 0 bridgehead atoms. The molecule has 110 valence electrons. The van der Waals surface area contributed by atoms with E-state index in [-0.39, 0.29) is 11.1 Å². The quantitative estimate of drug-likeness (QED) is 0.869. The molecule has 21 heavy (non-hydrogen) atoms. The lowest BCUT2D eigenvalue weighted by Crippen LogP contribution is -2.35. The molecule has 6 nitrogen and oxygen atoms in total. The zero-order valence-corrected chi connectivity index (χ0v) is 11.0. The van der Waals surface area contributed by atoms with E-state index in [1.165, 1.54) is 18.2 Å². The van der Waals surface area contributed by atoms with E-state index in [0.29, 0.717) is 0 Å². The second-order valence-electron chi connectivity index (χ2n) is 4.60. The molecule has 0 aromatic heterocycles. The van der Waals surface area contributed by atoms with Crippen molar-refractivity contribution in [3.8, 4) is 0 Å². The third kappa shape index (κ3) is 2.62. The fourth-order valence-corrected chi connectivity index (χ4v) is 2.35. The molecular formula is C14H12FNO5. The number of rotatable bonds is 4. The van der Waals surface area contributed by atoms with Gasteiger partial charge in [-0.05, 0) is 24.6 Å². The van der Waals surface area contributed by atoms with E-state index >= 15 is 0 Å². The zero-order chi connectivity index (χ0) is 15.7. The molecule has 0 saturated heterocycles. The molecule has 2 rings (SSSR count). The Morgan fingerprint density at radius 2 is 2.05 bits per heavy atom. The van der Waals surface area contributed by atoms with Crippen molar-refractivity contribution in [1.82, 2.24) is 4.90 Å². The first-order chi connectivity index (χ1) is 9.82. The Hall–Kier alpha value is -2.70. The molecule has 1 atom stereocenters. The van der Waals surface area contributed by atoms with Gasteiger partial charge in [0.05, 0.1) is 11.6 Å². The van der Waals surface area contributed by atoms with Crippen molar-refractivity contribution in [2.24, 2.45) is 0 Å². The van der Waals surface area contributed by atoms with Gasteiger partial charge in [-0.3, -0.25) is 14.4 Å². The van der Waals surface area contributed by atoms with Gasteiger partial charge in [0.1, 0.15) is 12.4 Å². The van der Waals surface area contributed by atoms with Crippen LogP contribution in [0.4, 0.5) is 4.39 Å². The van der Waals surface area contributed by atoms with Crippen molar-refractivity contribution in [2.45, 2.75) is 13.0 Å². The third-order valence-electron chi connectivity index (χ3n) is 3.15. The minimum atomic E-state index is -1.30. The van der Waals surface area contributed by atoms with Crippen LogP contribution in [0.3, 0.4) is 0 Å². The topological polar surface area (TPSA) is 94.9 Å². The zero-order valence-electron chi connectivity index (χ0n) is 11.0. The number of halogens is 1. The van der Waals surface area contributed by atoms with Gasteiger partial charge in [0.25, 0.3) is 5.91 Å². The van der Waals surface area contributed by atoms with E-state index in [0.717, 1.165) is 17.9 Å². The highest BCUT2D eigenvalue weighted by molar-refractivity contribution is 6.08. The number of hydrogen-bond donors (Lipinski definition) is 2. The Morgan fingerprint density at radius 1 is 1.38 bits per heavy atom. The van der Waals surface area contributed by atoms with E-state index in [1.807, 2.05) is 0 Å². The van der Waals surface area contributed by atoms with Crippen molar-refractivity contribution in [2.75, 3.05) is 6.54 Å². The van der Waals surface area contributed by atoms with Crippen molar-refractivity contribution < 1.29 is 29.0 Å². The minimum Gasteiger partial charge on any atom is -0.503 e. The van der Waals surface area contributed by atoms with Crippen LogP contribution in [-0.4, -0.2) is 39.3 Å². The second-order valence-corrected chi connectivity index (χ2v) is 4.60. The Kier molecular flexibility index (Phi) is 3.75. The van der Waals surface area contributed by atoms with Crippen molar-refractivity contribution in [3.63, 3.8) is 0 Å². The number of nitrogens with zero attached hydrogens (tertiary/aromatic N) is 1. The van der Waals surface area contributed by atoms with Crippen LogP contribution < -0.4 is 0 Å². The third-order valence-corrected chi connectivity index (χ3v) is 3.15. The minimum absolute atomic E-state index is 0.221. The molecular weight excluding hydrogens is 281 g/mol. The van der Waals surface area contributed by atoms with Crippen LogP contribution >= 0.6 is 0 Å². The maximum atomic E-state index is 13.3. The summed E-state index contributed by atoms with van der Waals surface area (Å²) in [4.78, 5) is 35.3. The molecule has 1 amide bonds. The molecule has 1 aromatic carbocycles. The van der Waals surface area contributed by atoms with E-state index in [4.69, 9.17) is 5.11 Å². The number of Topliss-reactive ketones (excluding diaryl/α,β-unsaturated/α-hetero) is 1. The van der Waals surface area contributed by atoms with Crippen LogP contribution in [0.15, 0.2) is 35.6 Å². The van der Waals surface area contributed by atoms with Gasteiger partial charge in [-0.2, -0.15) is 0 Å². The largest absolute Gasteiger partial charge is 0.503 e. The number of carbonyl (C=O) groups is 3. The van der Waals surface area contributed by atoms with Crippen molar-refractivity contribution in [1.29, 1.82) is 0 Å². The number of hydrogen-bond acceptors (Lipinski definition) is 4. The lowest BCUT2D eigenvalue weighted by atomic mass is 9.97. The first-order valence-electron chi connectivity index (χ1n) is 6.05. The predicted octanol–water partition coefficient (Wildman–Crippen LogP) is 1.19. The summed E-state index contributed by atoms with van der Waals surface area (Å²) >= 11 is 0. The average molecular weight is 293 g/mol. The summed E-state index contributed by atoms with van der Waals surface area (Å²) in [5.74, 6) is -4.23. The highest BCUT2D eigenvalue weighted by Crippen LogP contribution is 2.37. The van der Waals surface area contributed by atoms with Crippen LogP contribution in [0.2, 0.25) is 0 Å². The Labute approximate surface area is 119 Å². The summed E-state index contributed by atoms with van der Waals surface area (Å²) in [5, 5.41) is 18.7. The molecule has 1 heterocycles. The first kappa shape index (κ1) is 14.7. The number of carboxylic acids is 1. The fraction of sp³-hybridized carbons (Fsp3) is 0.214. The van der Waals surface area contributed by atoms with Gasteiger partial charge in [-0.15, -0.1) is 0 Å². The number of benzene rings is 1. The number of aliphatic hydroxyl groups is 1. The van der Waals surface area contributed by atoms with Gasteiger partial charge in [-0.25, -0.2) is 4.39 Å². The van der Waals surface area contributed by atoms with Crippen LogP contribution in [0, 0.1) is 5.82 Å². The Morgan fingerprint density at radius 3 is 2.57 bits per heavy atom. The van der Waals surface area contributed by atoms with Gasteiger partial charge < -0.3 is 15.1 Å². The predicted molar refractivity (Wildman–Crippen MR) is 68.8 cm³/mol.